The first-order chi connectivity index (χ1) is 7.29. The van der Waals surface area contributed by atoms with Crippen LogP contribution in [-0.2, 0) is 13.0 Å². The lowest BCUT2D eigenvalue weighted by molar-refractivity contribution is 0.182. The Morgan fingerprint density at radius 1 is 1.27 bits per heavy atom. The summed E-state index contributed by atoms with van der Waals surface area (Å²) in [5.41, 5.74) is 0. The van der Waals surface area contributed by atoms with E-state index in [-0.39, 0.29) is 0 Å². The average molecular weight is 251 g/mol. The Labute approximate surface area is 97.8 Å². The number of hydrogen-bond donors (Lipinski definition) is 0. The first-order valence-corrected chi connectivity index (χ1v) is 8.18. The molecule has 1 saturated heterocycles. The first-order valence-electron chi connectivity index (χ1n) is 5.30. The molecule has 0 atom stereocenters. The lowest BCUT2D eigenvalue weighted by Crippen LogP contribution is -2.53. The molecule has 4 nitrogen and oxygen atoms in total. The summed E-state index contributed by atoms with van der Waals surface area (Å²) in [4.78, 5) is 0. The van der Waals surface area contributed by atoms with Gasteiger partial charge in [-0.3, -0.25) is 4.57 Å². The normalized spacial score (nSPS) is 21.0. The van der Waals surface area contributed by atoms with E-state index in [2.05, 4.69) is 4.57 Å². The van der Waals surface area contributed by atoms with Gasteiger partial charge in [-0.1, -0.05) is 0 Å². The Hall–Kier alpha value is 0.407. The molecule has 15 heavy (non-hydrogen) atoms. The van der Waals surface area contributed by atoms with Crippen LogP contribution in [0, 0.1) is 0 Å². The van der Waals surface area contributed by atoms with Gasteiger partial charge in [0, 0.05) is 26.0 Å². The summed E-state index contributed by atoms with van der Waals surface area (Å²) >= 11 is 1.51. The Kier molecular flexibility index (Phi) is 6.18. The molecule has 1 fully saturated rings. The van der Waals surface area contributed by atoms with Crippen molar-refractivity contribution in [3.05, 3.63) is 0 Å². The highest BCUT2D eigenvalue weighted by molar-refractivity contribution is 7.94. The van der Waals surface area contributed by atoms with Crippen LogP contribution in [0.5, 0.6) is 0 Å². The van der Waals surface area contributed by atoms with Gasteiger partial charge in [0.25, 0.3) is 0 Å². The molecule has 0 saturated carbocycles. The molecule has 0 unspecified atom stereocenters. The fourth-order valence-corrected chi connectivity index (χ4v) is 5.47. The van der Waals surface area contributed by atoms with Crippen LogP contribution in [-0.4, -0.2) is 53.5 Å². The van der Waals surface area contributed by atoms with Crippen molar-refractivity contribution in [1.29, 1.82) is 0 Å². The molecule has 0 aliphatic carbocycles. The molecule has 6 heteroatoms. The molecule has 0 radical (unpaired) electrons. The number of nitrogens with zero attached hydrogens (tertiary/aromatic N) is 1. The van der Waals surface area contributed by atoms with Crippen molar-refractivity contribution in [2.24, 2.45) is 0 Å². The summed E-state index contributed by atoms with van der Waals surface area (Å²) in [7, 11) is 3.28. The second-order valence-corrected chi connectivity index (χ2v) is 7.91. The Bertz CT molecular complexity index is 181. The number of rotatable bonds is 7. The molecule has 1 rings (SSSR count). The quantitative estimate of drug-likeness (QED) is 0.390. The van der Waals surface area contributed by atoms with Gasteiger partial charge in [-0.15, -0.1) is 0 Å². The molecule has 0 spiro atoms. The van der Waals surface area contributed by atoms with Crippen LogP contribution in [0.15, 0.2) is 0 Å². The lowest BCUT2D eigenvalue weighted by Gasteiger charge is -2.31. The van der Waals surface area contributed by atoms with Crippen LogP contribution < -0.4 is 0 Å². The summed E-state index contributed by atoms with van der Waals surface area (Å²) in [5, 5.41) is 0. The minimum atomic E-state index is -1.99. The smallest absolute Gasteiger partial charge is 0.386 e. The molecule has 0 bridgehead atoms. The maximum absolute atomic E-state index is 5.62. The molecule has 0 aromatic carbocycles. The van der Waals surface area contributed by atoms with Crippen LogP contribution in [0.25, 0.3) is 0 Å². The van der Waals surface area contributed by atoms with E-state index in [1.165, 1.54) is 18.5 Å². The van der Waals surface area contributed by atoms with E-state index in [0.717, 1.165) is 31.3 Å². The number of hydrogen-bond acceptors (Lipinski definition) is 5. The second-order valence-electron chi connectivity index (χ2n) is 3.55. The summed E-state index contributed by atoms with van der Waals surface area (Å²) in [6.07, 6.45) is 2.32. The van der Waals surface area contributed by atoms with Crippen LogP contribution in [0.2, 0.25) is 6.04 Å². The minimum absolute atomic E-state index is 1.03. The van der Waals surface area contributed by atoms with Gasteiger partial charge in [-0.2, -0.15) is 0 Å². The maximum atomic E-state index is 5.62. The third-order valence-electron chi connectivity index (χ3n) is 2.81. The van der Waals surface area contributed by atoms with Gasteiger partial charge in [0.2, 0.25) is 0 Å². The predicted molar refractivity (Wildman–Crippen MR) is 64.9 cm³/mol. The van der Waals surface area contributed by atoms with Gasteiger partial charge in [0.05, 0.1) is 7.11 Å². The molecule has 1 aliphatic rings. The summed E-state index contributed by atoms with van der Waals surface area (Å²) in [6, 6.07) is 1.09. The monoisotopic (exact) mass is 251 g/mol. The molecule has 1 aliphatic heterocycles. The highest BCUT2D eigenvalue weighted by Crippen LogP contribution is 2.27. The van der Waals surface area contributed by atoms with Crippen molar-refractivity contribution in [1.82, 2.24) is 4.57 Å². The summed E-state index contributed by atoms with van der Waals surface area (Å²) in [6.45, 7) is 2.18. The first kappa shape index (κ1) is 13.5. The molecule has 0 amide bonds. The van der Waals surface area contributed by atoms with E-state index in [1.54, 1.807) is 21.3 Å². The van der Waals surface area contributed by atoms with Gasteiger partial charge in [0.15, 0.2) is 0 Å². The SMILES string of the molecule is COSCCCN1CCC[Si]1(OC)OC. The highest BCUT2D eigenvalue weighted by atomic mass is 32.2. The fourth-order valence-electron chi connectivity index (χ4n) is 2.05. The largest absolute Gasteiger partial charge is 0.427 e. The standard InChI is InChI=1S/C9H21NO3SSi/c1-11-14-8-4-6-10-7-5-9-15(10,12-2)13-3/h4-9H2,1-3H3. The molecule has 1 heterocycles. The van der Waals surface area contributed by atoms with Crippen LogP contribution in [0.4, 0.5) is 0 Å². The van der Waals surface area contributed by atoms with E-state index in [9.17, 15) is 0 Å². The van der Waals surface area contributed by atoms with Gasteiger partial charge >= 0.3 is 8.72 Å². The molecule has 0 N–H and O–H groups in total. The van der Waals surface area contributed by atoms with Gasteiger partial charge in [-0.05, 0) is 38.0 Å². The average Bonchev–Trinajstić information content (AvgIpc) is 2.68. The van der Waals surface area contributed by atoms with Crippen molar-refractivity contribution >= 4 is 20.8 Å². The van der Waals surface area contributed by atoms with E-state index < -0.39 is 8.72 Å². The topological polar surface area (TPSA) is 30.9 Å². The van der Waals surface area contributed by atoms with Gasteiger partial charge in [0.1, 0.15) is 0 Å². The van der Waals surface area contributed by atoms with Crippen LogP contribution in [0.1, 0.15) is 12.8 Å². The zero-order valence-corrected chi connectivity index (χ0v) is 11.6. The van der Waals surface area contributed by atoms with E-state index >= 15 is 0 Å². The third-order valence-corrected chi connectivity index (χ3v) is 7.18. The molecular formula is C9H21NO3SSi. The van der Waals surface area contributed by atoms with Gasteiger partial charge < -0.3 is 13.0 Å². The van der Waals surface area contributed by atoms with E-state index in [1.807, 2.05) is 0 Å². The Morgan fingerprint density at radius 3 is 2.60 bits per heavy atom. The molecule has 0 aromatic heterocycles. The van der Waals surface area contributed by atoms with Crippen LogP contribution in [0.3, 0.4) is 0 Å². The minimum Gasteiger partial charge on any atom is -0.386 e. The zero-order chi connectivity index (χ0) is 11.1. The predicted octanol–water partition coefficient (Wildman–Crippen LogP) is 1.61. The summed E-state index contributed by atoms with van der Waals surface area (Å²) in [5.74, 6) is 1.03. The Morgan fingerprint density at radius 2 is 2.00 bits per heavy atom. The van der Waals surface area contributed by atoms with Crippen LogP contribution >= 0.6 is 12.0 Å². The second kappa shape index (κ2) is 6.88. The third kappa shape index (κ3) is 3.44. The Balaban J connectivity index is 2.32. The maximum Gasteiger partial charge on any atom is 0.427 e. The van der Waals surface area contributed by atoms with Crippen molar-refractivity contribution in [2.75, 3.05) is 40.2 Å². The highest BCUT2D eigenvalue weighted by Gasteiger charge is 2.46. The van der Waals surface area contributed by atoms with Crippen molar-refractivity contribution in [3.63, 3.8) is 0 Å². The van der Waals surface area contributed by atoms with Crippen molar-refractivity contribution in [2.45, 2.75) is 18.9 Å². The van der Waals surface area contributed by atoms with Gasteiger partial charge in [-0.25, -0.2) is 0 Å². The van der Waals surface area contributed by atoms with E-state index in [0.29, 0.717) is 0 Å². The summed E-state index contributed by atoms with van der Waals surface area (Å²) < 4.78 is 18.6. The fraction of sp³-hybridized carbons (Fsp3) is 1.00. The van der Waals surface area contributed by atoms with E-state index in [4.69, 9.17) is 13.0 Å². The van der Waals surface area contributed by atoms with Crippen molar-refractivity contribution in [3.8, 4) is 0 Å². The molecule has 90 valence electrons. The molecular weight excluding hydrogens is 230 g/mol. The van der Waals surface area contributed by atoms with Crippen molar-refractivity contribution < 1.29 is 13.0 Å². The lowest BCUT2D eigenvalue weighted by atomic mass is 10.4. The zero-order valence-electron chi connectivity index (χ0n) is 9.82. The molecule has 0 aromatic rings.